The van der Waals surface area contributed by atoms with Gasteiger partial charge in [0.15, 0.2) is 5.78 Å². The van der Waals surface area contributed by atoms with Gasteiger partial charge in [0.25, 0.3) is 5.91 Å². The molecule has 0 spiro atoms. The molecule has 1 heterocycles. The zero-order chi connectivity index (χ0) is 18.1. The van der Waals surface area contributed by atoms with Gasteiger partial charge < -0.3 is 16.0 Å². The molecule has 0 aliphatic carbocycles. The number of carbonyl (C=O) groups is 2. The molecule has 7 heteroatoms. The van der Waals surface area contributed by atoms with Gasteiger partial charge in [0.1, 0.15) is 11.6 Å². The van der Waals surface area contributed by atoms with E-state index in [-0.39, 0.29) is 11.4 Å². The van der Waals surface area contributed by atoms with Crippen LogP contribution in [0.3, 0.4) is 0 Å². The predicted octanol–water partition coefficient (Wildman–Crippen LogP) is 0.730. The van der Waals surface area contributed by atoms with Crippen molar-refractivity contribution in [3.05, 3.63) is 41.6 Å². The lowest BCUT2D eigenvalue weighted by molar-refractivity contribution is -0.112. The molecule has 0 aromatic heterocycles. The fourth-order valence-electron chi connectivity index (χ4n) is 2.47. The summed E-state index contributed by atoms with van der Waals surface area (Å²) in [6, 6.07) is 8.46. The van der Waals surface area contributed by atoms with Crippen LogP contribution in [0.25, 0.3) is 0 Å². The first-order valence-corrected chi connectivity index (χ1v) is 8.29. The van der Waals surface area contributed by atoms with E-state index in [0.29, 0.717) is 17.8 Å². The summed E-state index contributed by atoms with van der Waals surface area (Å²) >= 11 is 0. The Labute approximate surface area is 147 Å². The van der Waals surface area contributed by atoms with Gasteiger partial charge in [-0.15, -0.1) is 0 Å². The predicted molar refractivity (Wildman–Crippen MR) is 96.1 cm³/mol. The second-order valence-electron chi connectivity index (χ2n) is 5.80. The standard InChI is InChI=1S/C18H23N5O2/c1-14(24)15-2-4-17(5-3-15)22-18(25)16(12-19)13-21-8-11-23-9-6-20-7-10-23/h2-5,13,20-21H,6-11H2,1H3,(H,22,25)/b16-13-. The number of benzene rings is 1. The van der Waals surface area contributed by atoms with Gasteiger partial charge in [0.05, 0.1) is 0 Å². The van der Waals surface area contributed by atoms with Gasteiger partial charge in [-0.1, -0.05) is 0 Å². The Hall–Kier alpha value is -2.69. The molecule has 0 unspecified atom stereocenters. The van der Waals surface area contributed by atoms with Crippen LogP contribution >= 0.6 is 0 Å². The Balaban J connectivity index is 1.82. The van der Waals surface area contributed by atoms with Crippen LogP contribution in [0, 0.1) is 11.3 Å². The van der Waals surface area contributed by atoms with Crippen LogP contribution in [0.2, 0.25) is 0 Å². The van der Waals surface area contributed by atoms with Gasteiger partial charge in [-0.05, 0) is 31.2 Å². The topological polar surface area (TPSA) is 97.3 Å². The van der Waals surface area contributed by atoms with E-state index in [1.807, 2.05) is 6.07 Å². The summed E-state index contributed by atoms with van der Waals surface area (Å²) < 4.78 is 0. The molecule has 0 saturated carbocycles. The molecule has 7 nitrogen and oxygen atoms in total. The molecule has 0 atom stereocenters. The van der Waals surface area contributed by atoms with E-state index >= 15 is 0 Å². The summed E-state index contributed by atoms with van der Waals surface area (Å²) in [5.41, 5.74) is 1.12. The van der Waals surface area contributed by atoms with E-state index in [9.17, 15) is 9.59 Å². The number of rotatable bonds is 7. The zero-order valence-electron chi connectivity index (χ0n) is 14.3. The van der Waals surface area contributed by atoms with Crippen molar-refractivity contribution in [1.29, 1.82) is 5.26 Å². The minimum Gasteiger partial charge on any atom is -0.388 e. The van der Waals surface area contributed by atoms with Crippen LogP contribution in [-0.4, -0.2) is 55.9 Å². The summed E-state index contributed by atoms with van der Waals surface area (Å²) in [6.07, 6.45) is 1.45. The average molecular weight is 341 g/mol. The quantitative estimate of drug-likeness (QED) is 0.293. The summed E-state index contributed by atoms with van der Waals surface area (Å²) in [5.74, 6) is -0.517. The molecule has 1 aliphatic heterocycles. The van der Waals surface area contributed by atoms with Crippen LogP contribution in [0.1, 0.15) is 17.3 Å². The number of nitriles is 1. The summed E-state index contributed by atoms with van der Waals surface area (Å²) in [5, 5.41) is 18.1. The van der Waals surface area contributed by atoms with Gasteiger partial charge >= 0.3 is 0 Å². The minimum absolute atomic E-state index is 0.0101. The number of nitrogens with zero attached hydrogens (tertiary/aromatic N) is 2. The van der Waals surface area contributed by atoms with Crippen molar-refractivity contribution in [3.8, 4) is 6.07 Å². The molecule has 0 bridgehead atoms. The maximum atomic E-state index is 12.1. The number of hydrogen-bond acceptors (Lipinski definition) is 6. The molecule has 132 valence electrons. The number of Topliss-reactive ketones (excluding diaryl/α,β-unsaturated/α-hetero) is 1. The molecule has 1 amide bonds. The zero-order valence-corrected chi connectivity index (χ0v) is 14.3. The van der Waals surface area contributed by atoms with Crippen LogP contribution in [-0.2, 0) is 4.79 Å². The molecule has 25 heavy (non-hydrogen) atoms. The van der Waals surface area contributed by atoms with Gasteiger partial charge in [-0.25, -0.2) is 0 Å². The van der Waals surface area contributed by atoms with Crippen molar-refractivity contribution in [2.75, 3.05) is 44.6 Å². The lowest BCUT2D eigenvalue weighted by atomic mass is 10.1. The van der Waals surface area contributed by atoms with Gasteiger partial charge in [-0.3, -0.25) is 14.5 Å². The maximum absolute atomic E-state index is 12.1. The third-order valence-electron chi connectivity index (χ3n) is 3.94. The fraction of sp³-hybridized carbons (Fsp3) is 0.389. The first kappa shape index (κ1) is 18.6. The number of ketones is 1. The maximum Gasteiger partial charge on any atom is 0.267 e. The molecule has 1 aromatic carbocycles. The third kappa shape index (κ3) is 6.03. The summed E-state index contributed by atoms with van der Waals surface area (Å²) in [4.78, 5) is 25.7. The van der Waals surface area contributed by atoms with E-state index in [1.165, 1.54) is 13.1 Å². The Morgan fingerprint density at radius 3 is 2.56 bits per heavy atom. The van der Waals surface area contributed by atoms with Crippen LogP contribution in [0.5, 0.6) is 0 Å². The van der Waals surface area contributed by atoms with Crippen molar-refractivity contribution < 1.29 is 9.59 Å². The van der Waals surface area contributed by atoms with E-state index < -0.39 is 5.91 Å². The molecule has 2 rings (SSSR count). The average Bonchev–Trinajstić information content (AvgIpc) is 2.63. The van der Waals surface area contributed by atoms with Gasteiger partial charge in [0, 0.05) is 56.7 Å². The van der Waals surface area contributed by atoms with Gasteiger partial charge in [-0.2, -0.15) is 5.26 Å². The van der Waals surface area contributed by atoms with Crippen molar-refractivity contribution in [2.24, 2.45) is 0 Å². The van der Waals surface area contributed by atoms with E-state index in [2.05, 4.69) is 20.9 Å². The highest BCUT2D eigenvalue weighted by molar-refractivity contribution is 6.06. The number of amides is 1. The normalized spacial score (nSPS) is 15.3. The van der Waals surface area contributed by atoms with Gasteiger partial charge in [0.2, 0.25) is 0 Å². The largest absolute Gasteiger partial charge is 0.388 e. The van der Waals surface area contributed by atoms with Crippen LogP contribution < -0.4 is 16.0 Å². The van der Waals surface area contributed by atoms with Crippen molar-refractivity contribution >= 4 is 17.4 Å². The van der Waals surface area contributed by atoms with Crippen LogP contribution in [0.15, 0.2) is 36.0 Å². The Morgan fingerprint density at radius 1 is 1.28 bits per heavy atom. The number of anilines is 1. The highest BCUT2D eigenvalue weighted by Crippen LogP contribution is 2.11. The molecule has 3 N–H and O–H groups in total. The number of hydrogen-bond donors (Lipinski definition) is 3. The molecule has 1 fully saturated rings. The summed E-state index contributed by atoms with van der Waals surface area (Å²) in [6.45, 7) is 7.02. The smallest absolute Gasteiger partial charge is 0.267 e. The lowest BCUT2D eigenvalue weighted by Crippen LogP contribution is -2.45. The minimum atomic E-state index is -0.479. The Morgan fingerprint density at radius 2 is 1.96 bits per heavy atom. The van der Waals surface area contributed by atoms with Crippen LogP contribution in [0.4, 0.5) is 5.69 Å². The van der Waals surface area contributed by atoms with Crippen molar-refractivity contribution in [1.82, 2.24) is 15.5 Å². The van der Waals surface area contributed by atoms with E-state index in [4.69, 9.17) is 5.26 Å². The first-order chi connectivity index (χ1) is 12.1. The molecule has 0 radical (unpaired) electrons. The molecule has 1 aromatic rings. The Kier molecular flexibility index (Phi) is 7.14. The molecule has 1 aliphatic rings. The van der Waals surface area contributed by atoms with Crippen molar-refractivity contribution in [2.45, 2.75) is 6.92 Å². The SMILES string of the molecule is CC(=O)c1ccc(NC(=O)/C(C#N)=C\NCCN2CCNCC2)cc1. The lowest BCUT2D eigenvalue weighted by Gasteiger charge is -2.26. The molecular formula is C18H23N5O2. The fourth-order valence-corrected chi connectivity index (χ4v) is 2.47. The number of carbonyl (C=O) groups excluding carboxylic acids is 2. The molecular weight excluding hydrogens is 318 g/mol. The number of nitrogens with one attached hydrogen (secondary N) is 3. The highest BCUT2D eigenvalue weighted by Gasteiger charge is 2.11. The van der Waals surface area contributed by atoms with Crippen molar-refractivity contribution in [3.63, 3.8) is 0 Å². The van der Waals surface area contributed by atoms with E-state index in [0.717, 1.165) is 32.7 Å². The third-order valence-corrected chi connectivity index (χ3v) is 3.94. The molecule has 1 saturated heterocycles. The second kappa shape index (κ2) is 9.57. The summed E-state index contributed by atoms with van der Waals surface area (Å²) in [7, 11) is 0. The first-order valence-electron chi connectivity index (χ1n) is 8.29. The Bertz CT molecular complexity index is 670. The second-order valence-corrected chi connectivity index (χ2v) is 5.80. The number of piperazine rings is 1. The highest BCUT2D eigenvalue weighted by atomic mass is 16.1. The van der Waals surface area contributed by atoms with E-state index in [1.54, 1.807) is 24.3 Å². The monoisotopic (exact) mass is 341 g/mol.